The molecular weight excluding hydrogens is 240 g/mol. The van der Waals surface area contributed by atoms with Gasteiger partial charge in [-0.15, -0.1) is 11.6 Å². The monoisotopic (exact) mass is 254 g/mol. The van der Waals surface area contributed by atoms with E-state index < -0.39 is 0 Å². The molecule has 0 bridgehead atoms. The second-order valence-corrected chi connectivity index (χ2v) is 4.44. The van der Waals surface area contributed by atoms with Gasteiger partial charge in [0.1, 0.15) is 0 Å². The fraction of sp³-hybridized carbons (Fsp3) is 0.0588. The molecule has 1 unspecified atom stereocenters. The highest BCUT2D eigenvalue weighted by Crippen LogP contribution is 2.21. The second-order valence-electron chi connectivity index (χ2n) is 3.97. The van der Waals surface area contributed by atoms with Crippen LogP contribution in [0.25, 0.3) is 6.08 Å². The Kier molecular flexibility index (Phi) is 4.80. The van der Waals surface area contributed by atoms with Gasteiger partial charge in [-0.05, 0) is 11.1 Å². The molecule has 1 atom stereocenters. The Balaban J connectivity index is 1.94. The number of benzene rings is 2. The minimum atomic E-state index is -0.0772. The average Bonchev–Trinajstić information content (AvgIpc) is 2.45. The molecule has 0 fully saturated rings. The van der Waals surface area contributed by atoms with E-state index in [1.807, 2.05) is 66.8 Å². The molecule has 0 N–H and O–H groups in total. The summed E-state index contributed by atoms with van der Waals surface area (Å²) in [7, 11) is 0. The molecule has 18 heavy (non-hydrogen) atoms. The maximum absolute atomic E-state index is 6.27. The lowest BCUT2D eigenvalue weighted by Crippen LogP contribution is -1.83. The van der Waals surface area contributed by atoms with E-state index in [1.54, 1.807) is 0 Å². The van der Waals surface area contributed by atoms with Crippen LogP contribution < -0.4 is 0 Å². The van der Waals surface area contributed by atoms with Crippen LogP contribution >= 0.6 is 11.6 Å². The molecule has 0 aromatic heterocycles. The van der Waals surface area contributed by atoms with Gasteiger partial charge in [0.25, 0.3) is 0 Å². The van der Waals surface area contributed by atoms with Crippen molar-refractivity contribution in [3.63, 3.8) is 0 Å². The van der Waals surface area contributed by atoms with E-state index in [0.29, 0.717) is 0 Å². The predicted molar refractivity (Wildman–Crippen MR) is 79.7 cm³/mol. The topological polar surface area (TPSA) is 0 Å². The minimum absolute atomic E-state index is 0.0772. The summed E-state index contributed by atoms with van der Waals surface area (Å²) in [6.07, 6.45) is 8.03. The van der Waals surface area contributed by atoms with E-state index in [4.69, 9.17) is 11.6 Å². The fourth-order valence-electron chi connectivity index (χ4n) is 1.64. The maximum Gasteiger partial charge on any atom is 0.0769 e. The number of alkyl halides is 1. The van der Waals surface area contributed by atoms with E-state index in [9.17, 15) is 0 Å². The van der Waals surface area contributed by atoms with Crippen molar-refractivity contribution < 1.29 is 0 Å². The number of rotatable bonds is 4. The highest BCUT2D eigenvalue weighted by atomic mass is 35.5. The van der Waals surface area contributed by atoms with Crippen LogP contribution in [0.15, 0.2) is 78.9 Å². The third-order valence-corrected chi connectivity index (χ3v) is 2.99. The largest absolute Gasteiger partial charge is 0.113 e. The van der Waals surface area contributed by atoms with E-state index in [1.165, 1.54) is 5.56 Å². The molecule has 0 aliphatic carbocycles. The third-order valence-electron chi connectivity index (χ3n) is 2.60. The maximum atomic E-state index is 6.27. The van der Waals surface area contributed by atoms with Gasteiger partial charge in [0.05, 0.1) is 5.38 Å². The van der Waals surface area contributed by atoms with E-state index >= 15 is 0 Å². The molecule has 0 saturated carbocycles. The molecular formula is C17H15Cl. The lowest BCUT2D eigenvalue weighted by molar-refractivity contribution is 1.21. The summed E-state index contributed by atoms with van der Waals surface area (Å²) >= 11 is 6.27. The van der Waals surface area contributed by atoms with Crippen LogP contribution in [0.5, 0.6) is 0 Å². The first-order valence-electron chi connectivity index (χ1n) is 5.95. The Morgan fingerprint density at radius 2 is 1.39 bits per heavy atom. The van der Waals surface area contributed by atoms with Crippen molar-refractivity contribution in [2.45, 2.75) is 5.38 Å². The molecule has 0 radical (unpaired) electrons. The summed E-state index contributed by atoms with van der Waals surface area (Å²) in [5.41, 5.74) is 2.30. The number of halogens is 1. The van der Waals surface area contributed by atoms with E-state index in [0.717, 1.165) is 5.56 Å². The zero-order valence-corrected chi connectivity index (χ0v) is 10.8. The molecule has 2 rings (SSSR count). The zero-order chi connectivity index (χ0) is 12.6. The summed E-state index contributed by atoms with van der Waals surface area (Å²) in [5, 5.41) is -0.0772. The summed E-state index contributed by atoms with van der Waals surface area (Å²) in [6, 6.07) is 20.3. The molecule has 2 aromatic rings. The molecule has 0 amide bonds. The van der Waals surface area contributed by atoms with Crippen LogP contribution in [0.2, 0.25) is 0 Å². The predicted octanol–water partition coefficient (Wildman–Crippen LogP) is 5.24. The van der Waals surface area contributed by atoms with Crippen LogP contribution in [0.3, 0.4) is 0 Å². The summed E-state index contributed by atoms with van der Waals surface area (Å²) in [5.74, 6) is 0. The van der Waals surface area contributed by atoms with Gasteiger partial charge in [-0.2, -0.15) is 0 Å². The van der Waals surface area contributed by atoms with Gasteiger partial charge in [-0.1, -0.05) is 85.0 Å². The van der Waals surface area contributed by atoms with Gasteiger partial charge >= 0.3 is 0 Å². The van der Waals surface area contributed by atoms with Crippen molar-refractivity contribution in [2.75, 3.05) is 0 Å². The first-order chi connectivity index (χ1) is 8.86. The van der Waals surface area contributed by atoms with Crippen LogP contribution in [0.1, 0.15) is 16.5 Å². The van der Waals surface area contributed by atoms with Gasteiger partial charge < -0.3 is 0 Å². The van der Waals surface area contributed by atoms with Gasteiger partial charge in [0, 0.05) is 0 Å². The number of hydrogen-bond acceptors (Lipinski definition) is 0. The second kappa shape index (κ2) is 6.83. The van der Waals surface area contributed by atoms with Crippen LogP contribution in [-0.4, -0.2) is 0 Å². The lowest BCUT2D eigenvalue weighted by atomic mass is 10.1. The zero-order valence-electron chi connectivity index (χ0n) is 10.0. The summed E-state index contributed by atoms with van der Waals surface area (Å²) < 4.78 is 0. The molecule has 0 heterocycles. The standard InChI is InChI=1S/C17H15Cl/c18-17(16-12-5-2-6-13-16)14-8-7-11-15-9-3-1-4-10-15/h1-14,17H/b11-7+,14-8+. The lowest BCUT2D eigenvalue weighted by Gasteiger charge is -2.02. The highest BCUT2D eigenvalue weighted by molar-refractivity contribution is 6.22. The molecule has 0 aliphatic rings. The molecule has 0 spiro atoms. The van der Waals surface area contributed by atoms with Crippen molar-refractivity contribution >= 4 is 17.7 Å². The average molecular weight is 255 g/mol. The van der Waals surface area contributed by atoms with Crippen molar-refractivity contribution in [1.29, 1.82) is 0 Å². The summed E-state index contributed by atoms with van der Waals surface area (Å²) in [6.45, 7) is 0. The van der Waals surface area contributed by atoms with E-state index in [-0.39, 0.29) is 5.38 Å². The fourth-order valence-corrected chi connectivity index (χ4v) is 1.87. The first-order valence-corrected chi connectivity index (χ1v) is 6.39. The molecule has 0 aliphatic heterocycles. The molecule has 0 nitrogen and oxygen atoms in total. The minimum Gasteiger partial charge on any atom is -0.113 e. The van der Waals surface area contributed by atoms with E-state index in [2.05, 4.69) is 18.2 Å². The molecule has 90 valence electrons. The Hall–Kier alpha value is -1.79. The smallest absolute Gasteiger partial charge is 0.0769 e. The van der Waals surface area contributed by atoms with Crippen molar-refractivity contribution in [3.8, 4) is 0 Å². The Morgan fingerprint density at radius 3 is 2.06 bits per heavy atom. The highest BCUT2D eigenvalue weighted by Gasteiger charge is 2.00. The van der Waals surface area contributed by atoms with Crippen LogP contribution in [-0.2, 0) is 0 Å². The molecule has 1 heteroatoms. The van der Waals surface area contributed by atoms with Crippen molar-refractivity contribution in [3.05, 3.63) is 90.0 Å². The number of hydrogen-bond donors (Lipinski definition) is 0. The molecule has 2 aromatic carbocycles. The van der Waals surface area contributed by atoms with Gasteiger partial charge in [0.2, 0.25) is 0 Å². The third kappa shape index (κ3) is 3.90. The van der Waals surface area contributed by atoms with Gasteiger partial charge in [-0.25, -0.2) is 0 Å². The van der Waals surface area contributed by atoms with Crippen molar-refractivity contribution in [2.24, 2.45) is 0 Å². The van der Waals surface area contributed by atoms with Gasteiger partial charge in [-0.3, -0.25) is 0 Å². The Bertz CT molecular complexity index is 512. The summed E-state index contributed by atoms with van der Waals surface area (Å²) in [4.78, 5) is 0. The first kappa shape index (κ1) is 12.7. The van der Waals surface area contributed by atoms with Crippen LogP contribution in [0.4, 0.5) is 0 Å². The van der Waals surface area contributed by atoms with Crippen molar-refractivity contribution in [1.82, 2.24) is 0 Å². The Labute approximate surface area is 113 Å². The number of allylic oxidation sites excluding steroid dienone is 3. The quantitative estimate of drug-likeness (QED) is 0.517. The SMILES string of the molecule is ClC(/C=C/C=C/c1ccccc1)c1ccccc1. The molecule has 0 saturated heterocycles. The Morgan fingerprint density at radius 1 is 0.778 bits per heavy atom. The normalized spacial score (nSPS) is 13.2. The van der Waals surface area contributed by atoms with Gasteiger partial charge in [0.15, 0.2) is 0 Å². The van der Waals surface area contributed by atoms with Crippen LogP contribution in [0, 0.1) is 0 Å².